The molecule has 3 heterocycles. The Balaban J connectivity index is 1.74. The molecule has 4 rings (SSSR count). The van der Waals surface area contributed by atoms with E-state index in [0.29, 0.717) is 36.2 Å². The maximum Gasteiger partial charge on any atom is 0.213 e. The van der Waals surface area contributed by atoms with Gasteiger partial charge in [0.25, 0.3) is 0 Å². The Kier molecular flexibility index (Phi) is 5.05. The highest BCUT2D eigenvalue weighted by Crippen LogP contribution is 2.40. The number of benzene rings is 1. The summed E-state index contributed by atoms with van der Waals surface area (Å²) in [6, 6.07) is 9.81. The lowest BCUT2D eigenvalue weighted by molar-refractivity contribution is 0.144. The molecule has 0 spiro atoms. The molecular formula is C20H19FN4O3. The van der Waals surface area contributed by atoms with Gasteiger partial charge in [-0.2, -0.15) is 0 Å². The number of hydrogen-bond donors (Lipinski definition) is 2. The summed E-state index contributed by atoms with van der Waals surface area (Å²) in [4.78, 5) is 8.66. The average Bonchev–Trinajstić information content (AvgIpc) is 3.10. The molecule has 7 nitrogen and oxygen atoms in total. The number of halogens is 1. The monoisotopic (exact) mass is 382 g/mol. The Hall–Kier alpha value is -3.23. The Labute approximate surface area is 161 Å². The van der Waals surface area contributed by atoms with E-state index in [1.165, 1.54) is 18.5 Å². The number of pyridine rings is 1. The van der Waals surface area contributed by atoms with Crippen molar-refractivity contribution in [3.63, 3.8) is 0 Å². The quantitative estimate of drug-likeness (QED) is 0.641. The molecule has 0 amide bonds. The average molecular weight is 382 g/mol. The van der Waals surface area contributed by atoms with Crippen molar-refractivity contribution in [2.24, 2.45) is 4.99 Å². The molecule has 1 aliphatic heterocycles. The number of nitrogens with one attached hydrogen (secondary N) is 1. The third-order valence-electron chi connectivity index (χ3n) is 4.38. The number of methoxy groups -OCH3 is 1. The van der Waals surface area contributed by atoms with Gasteiger partial charge in [-0.15, -0.1) is 0 Å². The van der Waals surface area contributed by atoms with Crippen LogP contribution in [-0.2, 0) is 4.74 Å². The second-order valence-electron chi connectivity index (χ2n) is 6.18. The minimum Gasteiger partial charge on any atom is -0.475 e. The van der Waals surface area contributed by atoms with E-state index in [4.69, 9.17) is 9.47 Å². The number of ether oxygens (including phenoxy) is 2. The maximum atomic E-state index is 13.7. The van der Waals surface area contributed by atoms with Crippen LogP contribution in [0, 0.1) is 5.82 Å². The van der Waals surface area contributed by atoms with Gasteiger partial charge in [0.1, 0.15) is 18.2 Å². The molecule has 0 fully saturated rings. The minimum atomic E-state index is -0.935. The molecule has 28 heavy (non-hydrogen) atoms. The zero-order valence-electron chi connectivity index (χ0n) is 15.2. The number of hydrogen-bond acceptors (Lipinski definition) is 6. The van der Waals surface area contributed by atoms with Gasteiger partial charge in [0.05, 0.1) is 18.5 Å². The van der Waals surface area contributed by atoms with E-state index in [9.17, 15) is 9.50 Å². The van der Waals surface area contributed by atoms with Crippen LogP contribution < -0.4 is 10.1 Å². The topological polar surface area (TPSA) is 80.9 Å². The van der Waals surface area contributed by atoms with Crippen molar-refractivity contribution < 1.29 is 19.0 Å². The summed E-state index contributed by atoms with van der Waals surface area (Å²) < 4.78 is 25.9. The van der Waals surface area contributed by atoms with Crippen molar-refractivity contribution in [3.05, 3.63) is 60.2 Å². The van der Waals surface area contributed by atoms with Gasteiger partial charge in [0.2, 0.25) is 5.88 Å². The van der Waals surface area contributed by atoms with E-state index >= 15 is 0 Å². The van der Waals surface area contributed by atoms with Gasteiger partial charge in [-0.3, -0.25) is 0 Å². The van der Waals surface area contributed by atoms with Gasteiger partial charge in [0.15, 0.2) is 6.23 Å². The normalized spacial score (nSPS) is 15.2. The first kappa shape index (κ1) is 18.1. The van der Waals surface area contributed by atoms with Crippen molar-refractivity contribution in [1.29, 1.82) is 0 Å². The van der Waals surface area contributed by atoms with E-state index in [1.807, 2.05) is 12.3 Å². The smallest absolute Gasteiger partial charge is 0.213 e. The summed E-state index contributed by atoms with van der Waals surface area (Å²) in [5.41, 5.74) is 2.73. The number of nitrogens with zero attached hydrogens (tertiary/aromatic N) is 3. The summed E-state index contributed by atoms with van der Waals surface area (Å²) in [6.07, 6.45) is 3.97. The fraction of sp³-hybridized carbons (Fsp3) is 0.200. The number of aromatic nitrogens is 2. The fourth-order valence-electron chi connectivity index (χ4n) is 3.07. The first-order chi connectivity index (χ1) is 13.7. The van der Waals surface area contributed by atoms with E-state index in [2.05, 4.69) is 15.3 Å². The predicted octanol–water partition coefficient (Wildman–Crippen LogP) is 2.96. The van der Waals surface area contributed by atoms with Gasteiger partial charge < -0.3 is 24.5 Å². The first-order valence-corrected chi connectivity index (χ1v) is 8.73. The van der Waals surface area contributed by atoms with E-state index in [-0.39, 0.29) is 5.82 Å². The molecule has 1 aliphatic rings. The molecule has 1 atom stereocenters. The van der Waals surface area contributed by atoms with Gasteiger partial charge in [-0.05, 0) is 24.3 Å². The molecule has 144 valence electrons. The third kappa shape index (κ3) is 3.47. The zero-order chi connectivity index (χ0) is 19.5. The lowest BCUT2D eigenvalue weighted by Crippen LogP contribution is -2.22. The molecule has 0 radical (unpaired) electrons. The van der Waals surface area contributed by atoms with Gasteiger partial charge in [-0.25, -0.2) is 14.4 Å². The lowest BCUT2D eigenvalue weighted by atomic mass is 10.0. The molecule has 0 aliphatic carbocycles. The second-order valence-corrected chi connectivity index (χ2v) is 6.18. The van der Waals surface area contributed by atoms with E-state index in [0.717, 1.165) is 11.1 Å². The number of fused-ring (bicyclic) bond motifs is 1. The summed E-state index contributed by atoms with van der Waals surface area (Å²) >= 11 is 0. The van der Waals surface area contributed by atoms with Gasteiger partial charge >= 0.3 is 0 Å². The van der Waals surface area contributed by atoms with Crippen LogP contribution in [0.5, 0.6) is 5.88 Å². The first-order valence-electron chi connectivity index (χ1n) is 8.73. The van der Waals surface area contributed by atoms with Crippen LogP contribution >= 0.6 is 0 Å². The summed E-state index contributed by atoms with van der Waals surface area (Å²) in [5.74, 6) is 0.669. The van der Waals surface area contributed by atoms with E-state index in [1.54, 1.807) is 36.1 Å². The number of aliphatic imine (C=N–C) groups is 1. The van der Waals surface area contributed by atoms with Crippen LogP contribution in [0.4, 0.5) is 10.2 Å². The second kappa shape index (κ2) is 7.79. The fourth-order valence-corrected chi connectivity index (χ4v) is 3.07. The summed E-state index contributed by atoms with van der Waals surface area (Å²) in [7, 11) is 1.61. The van der Waals surface area contributed by atoms with Crippen molar-refractivity contribution in [2.75, 3.05) is 20.3 Å². The summed E-state index contributed by atoms with van der Waals surface area (Å²) in [6.45, 7) is 0.884. The molecule has 1 unspecified atom stereocenters. The van der Waals surface area contributed by atoms with Crippen molar-refractivity contribution in [2.45, 2.75) is 6.23 Å². The number of rotatable bonds is 6. The largest absolute Gasteiger partial charge is 0.475 e. The molecule has 2 N–H and O–H groups in total. The molecule has 0 bridgehead atoms. The van der Waals surface area contributed by atoms with Crippen LogP contribution in [0.3, 0.4) is 0 Å². The number of aliphatic hydroxyl groups is 1. The lowest BCUT2D eigenvalue weighted by Gasteiger charge is -2.17. The number of aliphatic hydroxyl groups excluding tert-OH is 1. The van der Waals surface area contributed by atoms with Crippen LogP contribution in [0.2, 0.25) is 0 Å². The van der Waals surface area contributed by atoms with Crippen molar-refractivity contribution >= 4 is 12.2 Å². The zero-order valence-corrected chi connectivity index (χ0v) is 15.2. The molecule has 8 heteroatoms. The van der Waals surface area contributed by atoms with Crippen molar-refractivity contribution in [1.82, 2.24) is 14.9 Å². The molecule has 0 saturated heterocycles. The summed E-state index contributed by atoms with van der Waals surface area (Å²) in [5, 5.41) is 13.3. The Morgan fingerprint density at radius 1 is 1.25 bits per heavy atom. The third-order valence-corrected chi connectivity index (χ3v) is 4.38. The standard InChI is InChI=1S/C20H19FN4O3/c1-27-7-8-28-17-6-5-13(10-22-17)16-11-25(15-4-2-3-14(21)9-15)19-18(16)20(26)24-12-23-19/h2-6,9-12,20,26H,7-8H2,1H3,(H,23,24). The SMILES string of the molecule is COCCOc1ccc(-c2cn(-c3cccc(F)c3)c3c2C(O)NC=N3)cn1. The highest BCUT2D eigenvalue weighted by molar-refractivity contribution is 5.78. The van der Waals surface area contributed by atoms with Crippen LogP contribution in [-0.4, -0.2) is 41.3 Å². The molecule has 3 aromatic rings. The van der Waals surface area contributed by atoms with Crippen molar-refractivity contribution in [3.8, 4) is 22.7 Å². The Morgan fingerprint density at radius 3 is 2.89 bits per heavy atom. The highest BCUT2D eigenvalue weighted by Gasteiger charge is 2.25. The minimum absolute atomic E-state index is 0.348. The van der Waals surface area contributed by atoms with Crippen LogP contribution in [0.15, 0.2) is 53.8 Å². The predicted molar refractivity (Wildman–Crippen MR) is 103 cm³/mol. The van der Waals surface area contributed by atoms with Gasteiger partial charge in [-0.1, -0.05) is 6.07 Å². The molecule has 2 aromatic heterocycles. The molecule has 1 aromatic carbocycles. The Morgan fingerprint density at radius 2 is 2.14 bits per heavy atom. The van der Waals surface area contributed by atoms with Gasteiger partial charge in [0, 0.05) is 42.4 Å². The molecule has 0 saturated carbocycles. The highest BCUT2D eigenvalue weighted by atomic mass is 19.1. The Bertz CT molecular complexity index is 1000. The molecular weight excluding hydrogens is 363 g/mol. The maximum absolute atomic E-state index is 13.7. The van der Waals surface area contributed by atoms with E-state index < -0.39 is 6.23 Å². The van der Waals surface area contributed by atoms with Crippen LogP contribution in [0.1, 0.15) is 11.8 Å². The van der Waals surface area contributed by atoms with Crippen LogP contribution in [0.25, 0.3) is 16.8 Å².